The van der Waals surface area contributed by atoms with Gasteiger partial charge in [-0.15, -0.1) is 0 Å². The van der Waals surface area contributed by atoms with E-state index in [-0.39, 0.29) is 5.82 Å². The lowest BCUT2D eigenvalue weighted by molar-refractivity contribution is 0.627. The third kappa shape index (κ3) is 2.25. The van der Waals surface area contributed by atoms with Crippen molar-refractivity contribution < 1.29 is 4.39 Å². The van der Waals surface area contributed by atoms with Gasteiger partial charge in [0.05, 0.1) is 5.52 Å². The molecule has 5 rings (SSSR count). The first-order valence-electron chi connectivity index (χ1n) is 8.51. The molecule has 1 aliphatic heterocycles. The van der Waals surface area contributed by atoms with E-state index in [1.807, 2.05) is 36.5 Å². The third-order valence-electron chi connectivity index (χ3n) is 4.86. The third-order valence-corrected chi connectivity index (χ3v) is 4.86. The van der Waals surface area contributed by atoms with Crippen molar-refractivity contribution in [1.82, 2.24) is 14.8 Å². The van der Waals surface area contributed by atoms with Gasteiger partial charge in [-0.05, 0) is 42.7 Å². The van der Waals surface area contributed by atoms with E-state index in [1.54, 1.807) is 12.1 Å². The van der Waals surface area contributed by atoms with Crippen LogP contribution in [0.1, 0.15) is 12.1 Å². The highest BCUT2D eigenvalue weighted by molar-refractivity contribution is 5.98. The number of para-hydroxylation sites is 1. The van der Waals surface area contributed by atoms with Crippen molar-refractivity contribution >= 4 is 10.9 Å². The summed E-state index contributed by atoms with van der Waals surface area (Å²) >= 11 is 0. The molecule has 0 saturated carbocycles. The summed E-state index contributed by atoms with van der Waals surface area (Å²) in [6, 6.07) is 16.9. The van der Waals surface area contributed by atoms with Crippen molar-refractivity contribution in [3.63, 3.8) is 0 Å². The van der Waals surface area contributed by atoms with E-state index in [2.05, 4.69) is 15.7 Å². The number of halogens is 1. The van der Waals surface area contributed by atoms with Gasteiger partial charge in [0.15, 0.2) is 0 Å². The smallest absolute Gasteiger partial charge is 0.123 e. The van der Waals surface area contributed by atoms with Gasteiger partial charge in [-0.3, -0.25) is 9.67 Å². The molecule has 3 heterocycles. The zero-order valence-corrected chi connectivity index (χ0v) is 13.6. The first-order chi connectivity index (χ1) is 12.3. The lowest BCUT2D eigenvalue weighted by atomic mass is 9.95. The number of benzene rings is 2. The Bertz CT molecular complexity index is 1090. The lowest BCUT2D eigenvalue weighted by Gasteiger charge is -2.09. The Balaban J connectivity index is 1.84. The molecule has 4 aromatic rings. The molecule has 0 N–H and O–H groups in total. The summed E-state index contributed by atoms with van der Waals surface area (Å²) in [4.78, 5) is 4.47. The lowest BCUT2D eigenvalue weighted by Crippen LogP contribution is -1.94. The Labute approximate surface area is 144 Å². The predicted octanol–water partition coefficient (Wildman–Crippen LogP) is 4.85. The molecule has 122 valence electrons. The molecule has 4 heteroatoms. The minimum atomic E-state index is -0.240. The molecule has 0 saturated heterocycles. The SMILES string of the molecule is Fc1cccc(-c2nn3c(c2-c2ccnc4ccccc24)CCC3)c1. The van der Waals surface area contributed by atoms with E-state index in [1.165, 1.54) is 11.8 Å². The van der Waals surface area contributed by atoms with E-state index in [9.17, 15) is 4.39 Å². The summed E-state index contributed by atoms with van der Waals surface area (Å²) in [7, 11) is 0. The molecule has 0 atom stereocenters. The number of fused-ring (bicyclic) bond motifs is 2. The van der Waals surface area contributed by atoms with Crippen LogP contribution in [0.15, 0.2) is 60.8 Å². The number of hydrogen-bond acceptors (Lipinski definition) is 2. The van der Waals surface area contributed by atoms with Crippen LogP contribution in [0.3, 0.4) is 0 Å². The first kappa shape index (κ1) is 14.3. The molecule has 2 aromatic heterocycles. The highest BCUT2D eigenvalue weighted by atomic mass is 19.1. The Morgan fingerprint density at radius 2 is 1.92 bits per heavy atom. The van der Waals surface area contributed by atoms with Crippen LogP contribution in [0.2, 0.25) is 0 Å². The molecule has 25 heavy (non-hydrogen) atoms. The summed E-state index contributed by atoms with van der Waals surface area (Å²) in [6.45, 7) is 0.917. The largest absolute Gasteiger partial charge is 0.268 e. The molecule has 1 aliphatic rings. The molecule has 0 bridgehead atoms. The summed E-state index contributed by atoms with van der Waals surface area (Å²) in [5.41, 5.74) is 6.09. The summed E-state index contributed by atoms with van der Waals surface area (Å²) < 4.78 is 15.9. The monoisotopic (exact) mass is 329 g/mol. The van der Waals surface area contributed by atoms with Crippen molar-refractivity contribution in [2.75, 3.05) is 0 Å². The average molecular weight is 329 g/mol. The molecule has 0 fully saturated rings. The first-order valence-corrected chi connectivity index (χ1v) is 8.51. The highest BCUT2D eigenvalue weighted by Gasteiger charge is 2.25. The topological polar surface area (TPSA) is 30.7 Å². The highest BCUT2D eigenvalue weighted by Crippen LogP contribution is 2.40. The molecular formula is C21H16FN3. The Morgan fingerprint density at radius 3 is 2.84 bits per heavy atom. The maximum Gasteiger partial charge on any atom is 0.123 e. The van der Waals surface area contributed by atoms with Crippen LogP contribution in [0.4, 0.5) is 4.39 Å². The summed E-state index contributed by atoms with van der Waals surface area (Å²) in [5, 5.41) is 5.92. The van der Waals surface area contributed by atoms with Gasteiger partial charge in [0.25, 0.3) is 0 Å². The molecule has 0 radical (unpaired) electrons. The standard InChI is InChI=1S/C21H16FN3/c22-15-6-3-5-14(13-15)21-20(19-9-4-12-25(19)24-21)17-10-11-23-18-8-2-1-7-16(17)18/h1-3,5-8,10-11,13H,4,9,12H2. The minimum absolute atomic E-state index is 0.240. The van der Waals surface area contributed by atoms with Gasteiger partial charge in [0, 0.05) is 34.9 Å². The van der Waals surface area contributed by atoms with Crippen LogP contribution >= 0.6 is 0 Å². The molecule has 0 amide bonds. The zero-order valence-electron chi connectivity index (χ0n) is 13.6. The van der Waals surface area contributed by atoms with Gasteiger partial charge in [0.2, 0.25) is 0 Å². The quantitative estimate of drug-likeness (QED) is 0.526. The van der Waals surface area contributed by atoms with E-state index < -0.39 is 0 Å². The molecule has 0 spiro atoms. The van der Waals surface area contributed by atoms with Crippen molar-refractivity contribution in [3.05, 3.63) is 72.3 Å². The van der Waals surface area contributed by atoms with Gasteiger partial charge >= 0.3 is 0 Å². The molecule has 0 unspecified atom stereocenters. The van der Waals surface area contributed by atoms with E-state index in [0.29, 0.717) is 0 Å². The Kier molecular flexibility index (Phi) is 3.17. The maximum absolute atomic E-state index is 13.8. The Hall–Kier alpha value is -3.01. The Morgan fingerprint density at radius 1 is 1.00 bits per heavy atom. The zero-order chi connectivity index (χ0) is 16.8. The number of hydrogen-bond donors (Lipinski definition) is 0. The van der Waals surface area contributed by atoms with Crippen LogP contribution in [-0.2, 0) is 13.0 Å². The number of aryl methyl sites for hydroxylation is 1. The van der Waals surface area contributed by atoms with Gasteiger partial charge in [-0.2, -0.15) is 5.10 Å². The molecule has 3 nitrogen and oxygen atoms in total. The maximum atomic E-state index is 13.8. The number of nitrogens with zero attached hydrogens (tertiary/aromatic N) is 3. The molecule has 2 aromatic carbocycles. The fraction of sp³-hybridized carbons (Fsp3) is 0.143. The van der Waals surface area contributed by atoms with E-state index in [0.717, 1.165) is 52.7 Å². The van der Waals surface area contributed by atoms with Crippen LogP contribution in [0, 0.1) is 5.82 Å². The van der Waals surface area contributed by atoms with Crippen molar-refractivity contribution in [3.8, 4) is 22.4 Å². The van der Waals surface area contributed by atoms with Crippen LogP contribution in [0.25, 0.3) is 33.3 Å². The van der Waals surface area contributed by atoms with Crippen molar-refractivity contribution in [2.45, 2.75) is 19.4 Å². The average Bonchev–Trinajstić information content (AvgIpc) is 3.22. The predicted molar refractivity (Wildman–Crippen MR) is 96.7 cm³/mol. The normalized spacial score (nSPS) is 13.3. The summed E-state index contributed by atoms with van der Waals surface area (Å²) in [5.74, 6) is -0.240. The van der Waals surface area contributed by atoms with Gasteiger partial charge in [0.1, 0.15) is 11.5 Å². The fourth-order valence-corrected chi connectivity index (χ4v) is 3.77. The molecular weight excluding hydrogens is 313 g/mol. The second-order valence-electron chi connectivity index (χ2n) is 6.38. The second-order valence-corrected chi connectivity index (χ2v) is 6.38. The van der Waals surface area contributed by atoms with E-state index >= 15 is 0 Å². The summed E-state index contributed by atoms with van der Waals surface area (Å²) in [6.07, 6.45) is 3.93. The van der Waals surface area contributed by atoms with E-state index in [4.69, 9.17) is 5.10 Å². The fourth-order valence-electron chi connectivity index (χ4n) is 3.77. The molecule has 0 aliphatic carbocycles. The van der Waals surface area contributed by atoms with Crippen LogP contribution in [-0.4, -0.2) is 14.8 Å². The van der Waals surface area contributed by atoms with Gasteiger partial charge in [-0.1, -0.05) is 30.3 Å². The van der Waals surface area contributed by atoms with Gasteiger partial charge in [-0.25, -0.2) is 4.39 Å². The second kappa shape index (κ2) is 5.52. The van der Waals surface area contributed by atoms with Crippen LogP contribution < -0.4 is 0 Å². The number of aromatic nitrogens is 3. The number of rotatable bonds is 2. The van der Waals surface area contributed by atoms with Crippen LogP contribution in [0.5, 0.6) is 0 Å². The minimum Gasteiger partial charge on any atom is -0.268 e. The number of pyridine rings is 1. The van der Waals surface area contributed by atoms with Crippen molar-refractivity contribution in [1.29, 1.82) is 0 Å². The van der Waals surface area contributed by atoms with Crippen molar-refractivity contribution in [2.24, 2.45) is 0 Å². The van der Waals surface area contributed by atoms with Gasteiger partial charge < -0.3 is 0 Å².